The molecule has 0 amide bonds. The standard InChI is InChI=1S/C15H16N2O3S/c1-21(2,19)17-14-10-13(8-9-16-14)15(18)20-11-12-6-4-3-5-7-12/h3-10H,11H2,1-2H3. The summed E-state index contributed by atoms with van der Waals surface area (Å²) in [5.74, 6) is -0.199. The van der Waals surface area contributed by atoms with E-state index in [1.54, 1.807) is 6.07 Å². The van der Waals surface area contributed by atoms with Crippen LogP contribution < -0.4 is 0 Å². The van der Waals surface area contributed by atoms with Crippen LogP contribution in [-0.4, -0.2) is 27.7 Å². The number of ether oxygens (including phenoxy) is 1. The average molecular weight is 304 g/mol. The summed E-state index contributed by atoms with van der Waals surface area (Å²) in [6.45, 7) is 0.201. The van der Waals surface area contributed by atoms with Gasteiger partial charge in [-0.15, -0.1) is 0 Å². The Kier molecular flexibility index (Phi) is 4.70. The van der Waals surface area contributed by atoms with Crippen molar-refractivity contribution in [1.82, 2.24) is 4.98 Å². The van der Waals surface area contributed by atoms with E-state index in [9.17, 15) is 9.00 Å². The van der Waals surface area contributed by atoms with Crippen molar-refractivity contribution in [3.63, 3.8) is 0 Å². The third-order valence-electron chi connectivity index (χ3n) is 2.51. The van der Waals surface area contributed by atoms with Gasteiger partial charge in [-0.05, 0) is 17.7 Å². The van der Waals surface area contributed by atoms with Gasteiger partial charge in [0.1, 0.15) is 6.61 Å². The maximum Gasteiger partial charge on any atom is 0.338 e. The summed E-state index contributed by atoms with van der Waals surface area (Å²) >= 11 is 0. The van der Waals surface area contributed by atoms with E-state index in [0.717, 1.165) is 5.56 Å². The molecule has 0 saturated heterocycles. The van der Waals surface area contributed by atoms with Gasteiger partial charge >= 0.3 is 5.97 Å². The van der Waals surface area contributed by atoms with E-state index in [1.165, 1.54) is 24.8 Å². The molecule has 21 heavy (non-hydrogen) atoms. The topological polar surface area (TPSA) is 68.6 Å². The maximum absolute atomic E-state index is 12.0. The van der Waals surface area contributed by atoms with Gasteiger partial charge in [-0.2, -0.15) is 4.36 Å². The second-order valence-corrected chi connectivity index (χ2v) is 7.28. The Balaban J connectivity index is 2.10. The van der Waals surface area contributed by atoms with Crippen molar-refractivity contribution < 1.29 is 13.7 Å². The van der Waals surface area contributed by atoms with E-state index >= 15 is 0 Å². The van der Waals surface area contributed by atoms with Crippen molar-refractivity contribution in [2.75, 3.05) is 12.5 Å². The third-order valence-corrected chi connectivity index (χ3v) is 3.13. The highest BCUT2D eigenvalue weighted by molar-refractivity contribution is 7.92. The zero-order valence-electron chi connectivity index (χ0n) is 11.9. The molecule has 0 N–H and O–H groups in total. The van der Waals surface area contributed by atoms with Crippen molar-refractivity contribution in [1.29, 1.82) is 0 Å². The Morgan fingerprint density at radius 2 is 1.95 bits per heavy atom. The number of rotatable bonds is 4. The van der Waals surface area contributed by atoms with Gasteiger partial charge in [0, 0.05) is 28.4 Å². The van der Waals surface area contributed by atoms with Crippen LogP contribution in [0.2, 0.25) is 0 Å². The first kappa shape index (κ1) is 15.2. The summed E-state index contributed by atoms with van der Waals surface area (Å²) in [6, 6.07) is 12.4. The summed E-state index contributed by atoms with van der Waals surface area (Å²) < 4.78 is 20.8. The lowest BCUT2D eigenvalue weighted by atomic mass is 10.2. The minimum absolute atomic E-state index is 0.201. The highest BCUT2D eigenvalue weighted by atomic mass is 32.2. The number of benzene rings is 1. The fourth-order valence-electron chi connectivity index (χ4n) is 1.63. The van der Waals surface area contributed by atoms with Gasteiger partial charge in [0.15, 0.2) is 5.82 Å². The second-order valence-electron chi connectivity index (χ2n) is 4.74. The number of pyridine rings is 1. The van der Waals surface area contributed by atoms with Crippen molar-refractivity contribution in [3.05, 3.63) is 59.8 Å². The Hall–Kier alpha value is -2.21. The molecular formula is C15H16N2O3S. The summed E-state index contributed by atoms with van der Waals surface area (Å²) in [6.07, 6.45) is 4.47. The van der Waals surface area contributed by atoms with Crippen LogP contribution in [0, 0.1) is 0 Å². The Morgan fingerprint density at radius 3 is 2.62 bits per heavy atom. The van der Waals surface area contributed by atoms with Crippen LogP contribution in [0.5, 0.6) is 0 Å². The molecule has 110 valence electrons. The molecule has 0 unspecified atom stereocenters. The average Bonchev–Trinajstić information content (AvgIpc) is 2.44. The summed E-state index contributed by atoms with van der Waals surface area (Å²) in [4.78, 5) is 15.9. The number of carbonyl (C=O) groups excluding carboxylic acids is 1. The van der Waals surface area contributed by atoms with E-state index in [-0.39, 0.29) is 12.4 Å². The fourth-order valence-corrected chi connectivity index (χ4v) is 2.18. The van der Waals surface area contributed by atoms with Crippen LogP contribution >= 0.6 is 0 Å². The molecule has 0 aliphatic rings. The van der Waals surface area contributed by atoms with Crippen molar-refractivity contribution in [3.8, 4) is 0 Å². The molecule has 1 aromatic carbocycles. The molecule has 6 heteroatoms. The lowest BCUT2D eigenvalue weighted by molar-refractivity contribution is 0.0472. The van der Waals surface area contributed by atoms with Crippen molar-refractivity contribution in [2.24, 2.45) is 4.36 Å². The largest absolute Gasteiger partial charge is 0.457 e. The fraction of sp³-hybridized carbons (Fsp3) is 0.200. The van der Waals surface area contributed by atoms with Crippen molar-refractivity contribution in [2.45, 2.75) is 6.61 Å². The Morgan fingerprint density at radius 1 is 1.24 bits per heavy atom. The lowest BCUT2D eigenvalue weighted by Gasteiger charge is -2.05. The van der Waals surface area contributed by atoms with Gasteiger partial charge < -0.3 is 4.74 Å². The summed E-state index contributed by atoms with van der Waals surface area (Å²) in [7, 11) is -2.31. The molecule has 1 heterocycles. The summed E-state index contributed by atoms with van der Waals surface area (Å²) in [5.41, 5.74) is 1.25. The van der Waals surface area contributed by atoms with Crippen LogP contribution in [0.1, 0.15) is 15.9 Å². The molecule has 2 rings (SSSR count). The van der Waals surface area contributed by atoms with E-state index in [2.05, 4.69) is 9.35 Å². The second kappa shape index (κ2) is 6.49. The first-order chi connectivity index (χ1) is 9.94. The molecule has 0 aliphatic heterocycles. The number of hydrogen-bond donors (Lipinski definition) is 0. The minimum Gasteiger partial charge on any atom is -0.457 e. The van der Waals surface area contributed by atoms with Gasteiger partial charge in [-0.3, -0.25) is 0 Å². The lowest BCUT2D eigenvalue weighted by Crippen LogP contribution is -2.05. The number of esters is 1. The van der Waals surface area contributed by atoms with Gasteiger partial charge in [0.05, 0.1) is 5.56 Å². The van der Waals surface area contributed by atoms with Gasteiger partial charge in [0.25, 0.3) is 0 Å². The zero-order chi connectivity index (χ0) is 15.3. The molecule has 2 aromatic rings. The van der Waals surface area contributed by atoms with Gasteiger partial charge in [-0.25, -0.2) is 14.0 Å². The van der Waals surface area contributed by atoms with Crippen LogP contribution in [0.4, 0.5) is 5.82 Å². The number of aromatic nitrogens is 1. The Bertz CT molecular complexity index is 743. The van der Waals surface area contributed by atoms with Crippen LogP contribution in [-0.2, 0) is 21.1 Å². The molecule has 0 bridgehead atoms. The molecule has 1 aromatic heterocycles. The Labute approximate surface area is 124 Å². The first-order valence-corrected chi connectivity index (χ1v) is 8.61. The molecular weight excluding hydrogens is 288 g/mol. The molecule has 0 radical (unpaired) electrons. The smallest absolute Gasteiger partial charge is 0.338 e. The van der Waals surface area contributed by atoms with Crippen LogP contribution in [0.15, 0.2) is 53.0 Å². The number of carbonyl (C=O) groups is 1. The zero-order valence-corrected chi connectivity index (χ0v) is 12.7. The minimum atomic E-state index is -2.31. The van der Waals surface area contributed by atoms with E-state index in [0.29, 0.717) is 5.56 Å². The predicted molar refractivity (Wildman–Crippen MR) is 81.9 cm³/mol. The van der Waals surface area contributed by atoms with E-state index in [1.807, 2.05) is 30.3 Å². The third kappa shape index (κ3) is 5.00. The van der Waals surface area contributed by atoms with Gasteiger partial charge in [-0.1, -0.05) is 30.3 Å². The van der Waals surface area contributed by atoms with Gasteiger partial charge in [0.2, 0.25) is 0 Å². The van der Waals surface area contributed by atoms with Crippen molar-refractivity contribution >= 4 is 21.5 Å². The summed E-state index contributed by atoms with van der Waals surface area (Å²) in [5, 5.41) is 0. The molecule has 5 nitrogen and oxygen atoms in total. The van der Waals surface area contributed by atoms with E-state index < -0.39 is 15.7 Å². The normalized spacial score (nSPS) is 11.0. The molecule has 0 atom stereocenters. The molecule has 0 fully saturated rings. The molecule has 0 spiro atoms. The predicted octanol–water partition coefficient (Wildman–Crippen LogP) is 2.80. The van der Waals surface area contributed by atoms with E-state index in [4.69, 9.17) is 4.74 Å². The highest BCUT2D eigenvalue weighted by Crippen LogP contribution is 2.14. The molecule has 0 aliphatic carbocycles. The van der Waals surface area contributed by atoms with Crippen LogP contribution in [0.25, 0.3) is 0 Å². The quantitative estimate of drug-likeness (QED) is 0.814. The molecule has 0 saturated carbocycles. The number of hydrogen-bond acceptors (Lipinski definition) is 5. The monoisotopic (exact) mass is 304 g/mol. The number of nitrogens with zero attached hydrogens (tertiary/aromatic N) is 2. The SMILES string of the molecule is CS(C)(=O)=Nc1cc(C(=O)OCc2ccccc2)ccn1. The van der Waals surface area contributed by atoms with Crippen LogP contribution in [0.3, 0.4) is 0 Å². The maximum atomic E-state index is 12.0. The first-order valence-electron chi connectivity index (χ1n) is 6.28. The highest BCUT2D eigenvalue weighted by Gasteiger charge is 2.09.